The van der Waals surface area contributed by atoms with E-state index in [4.69, 9.17) is 4.74 Å². The minimum Gasteiger partial charge on any atom is -0.376 e. The number of hydrogen-bond donors (Lipinski definition) is 2. The van der Waals surface area contributed by atoms with Crippen LogP contribution in [-0.2, 0) is 4.74 Å². The largest absolute Gasteiger partial charge is 0.376 e. The number of nitrogens with one attached hydrogen (secondary N) is 2. The fourth-order valence-corrected chi connectivity index (χ4v) is 2.78. The van der Waals surface area contributed by atoms with Crippen molar-refractivity contribution in [2.45, 2.75) is 12.5 Å². The molecule has 3 rings (SSSR count). The molecule has 2 fully saturated rings. The van der Waals surface area contributed by atoms with Crippen LogP contribution in [0, 0.1) is 11.8 Å². The summed E-state index contributed by atoms with van der Waals surface area (Å²) in [6, 6.07) is 1.82. The molecule has 7 heteroatoms. The van der Waals surface area contributed by atoms with Gasteiger partial charge in [0.1, 0.15) is 0 Å². The Hall–Kier alpha value is -0.620. The zero-order valence-corrected chi connectivity index (χ0v) is 12.3. The average molecular weight is 307 g/mol. The summed E-state index contributed by atoms with van der Waals surface area (Å²) in [6.45, 7) is 3.91. The molecular formula is C12H20Cl2N4O. The van der Waals surface area contributed by atoms with Gasteiger partial charge in [-0.1, -0.05) is 0 Å². The summed E-state index contributed by atoms with van der Waals surface area (Å²) < 4.78 is 5.86. The molecule has 3 heterocycles. The van der Waals surface area contributed by atoms with Crippen LogP contribution in [0.2, 0.25) is 0 Å². The minimum atomic E-state index is 0. The number of rotatable bonds is 3. The maximum Gasteiger partial charge on any atom is 0.222 e. The first kappa shape index (κ1) is 16.4. The molecule has 0 aliphatic carbocycles. The Morgan fingerprint density at radius 3 is 2.89 bits per heavy atom. The fourth-order valence-electron chi connectivity index (χ4n) is 2.78. The fraction of sp³-hybridized carbons (Fsp3) is 0.667. The van der Waals surface area contributed by atoms with Gasteiger partial charge in [-0.05, 0) is 24.9 Å². The molecule has 1 aromatic heterocycles. The standard InChI is InChI=1S/C12H18N4O.2ClH/c1-3-14-12(15-4-1)16-7-11-10-2-5-13-6-9(10)8-17-11;;/h1,3-4,9-11,13H,2,5-8H2,(H,14,15,16);2*1H/t9-,10-,11-;;/m0../s1. The zero-order chi connectivity index (χ0) is 11.5. The van der Waals surface area contributed by atoms with E-state index in [1.165, 1.54) is 6.42 Å². The van der Waals surface area contributed by atoms with Gasteiger partial charge in [-0.25, -0.2) is 9.97 Å². The summed E-state index contributed by atoms with van der Waals surface area (Å²) in [4.78, 5) is 8.31. The highest BCUT2D eigenvalue weighted by atomic mass is 35.5. The van der Waals surface area contributed by atoms with Gasteiger partial charge in [-0.15, -0.1) is 24.8 Å². The van der Waals surface area contributed by atoms with Crippen LogP contribution >= 0.6 is 24.8 Å². The van der Waals surface area contributed by atoms with Crippen molar-refractivity contribution in [1.82, 2.24) is 15.3 Å². The second-order valence-corrected chi connectivity index (χ2v) is 4.74. The molecule has 1 aromatic rings. The van der Waals surface area contributed by atoms with Gasteiger partial charge in [0.2, 0.25) is 5.95 Å². The topological polar surface area (TPSA) is 59.1 Å². The number of halogens is 2. The lowest BCUT2D eigenvalue weighted by atomic mass is 9.85. The molecule has 0 bridgehead atoms. The smallest absolute Gasteiger partial charge is 0.222 e. The van der Waals surface area contributed by atoms with Crippen molar-refractivity contribution in [2.75, 3.05) is 31.6 Å². The number of ether oxygens (including phenoxy) is 1. The molecule has 2 saturated heterocycles. The molecule has 0 radical (unpaired) electrons. The Balaban J connectivity index is 0.000000902. The molecule has 0 saturated carbocycles. The van der Waals surface area contributed by atoms with Gasteiger partial charge in [0.05, 0.1) is 12.7 Å². The summed E-state index contributed by atoms with van der Waals surface area (Å²) >= 11 is 0. The van der Waals surface area contributed by atoms with Crippen molar-refractivity contribution >= 4 is 30.8 Å². The van der Waals surface area contributed by atoms with E-state index in [0.717, 1.165) is 26.2 Å². The van der Waals surface area contributed by atoms with E-state index < -0.39 is 0 Å². The Morgan fingerprint density at radius 2 is 2.11 bits per heavy atom. The maximum atomic E-state index is 5.86. The predicted octanol–water partition coefficient (Wildman–Crippen LogP) is 1.36. The Labute approximate surface area is 125 Å². The molecule has 0 aromatic carbocycles. The second-order valence-electron chi connectivity index (χ2n) is 4.74. The van der Waals surface area contributed by atoms with Crippen molar-refractivity contribution in [3.8, 4) is 0 Å². The van der Waals surface area contributed by atoms with Gasteiger partial charge in [-0.3, -0.25) is 0 Å². The van der Waals surface area contributed by atoms with Gasteiger partial charge in [-0.2, -0.15) is 0 Å². The van der Waals surface area contributed by atoms with E-state index in [2.05, 4.69) is 20.6 Å². The molecule has 0 unspecified atom stereocenters. The first-order valence-electron chi connectivity index (χ1n) is 6.26. The molecule has 2 N–H and O–H groups in total. The normalized spacial score (nSPS) is 28.7. The quantitative estimate of drug-likeness (QED) is 0.883. The molecule has 2 aliphatic heterocycles. The molecule has 19 heavy (non-hydrogen) atoms. The summed E-state index contributed by atoms with van der Waals surface area (Å²) in [6.07, 6.45) is 5.02. The number of hydrogen-bond acceptors (Lipinski definition) is 5. The highest BCUT2D eigenvalue weighted by molar-refractivity contribution is 5.85. The summed E-state index contributed by atoms with van der Waals surface area (Å²) in [5.41, 5.74) is 0. The van der Waals surface area contributed by atoms with Gasteiger partial charge < -0.3 is 15.4 Å². The first-order chi connectivity index (χ1) is 8.43. The molecule has 2 aliphatic rings. The molecule has 5 nitrogen and oxygen atoms in total. The molecule has 108 valence electrons. The third kappa shape index (κ3) is 3.92. The van der Waals surface area contributed by atoms with Crippen LogP contribution in [-0.4, -0.2) is 42.3 Å². The van der Waals surface area contributed by atoms with E-state index in [1.807, 2.05) is 6.07 Å². The maximum absolute atomic E-state index is 5.86. The van der Waals surface area contributed by atoms with E-state index in [-0.39, 0.29) is 24.8 Å². The predicted molar refractivity (Wildman–Crippen MR) is 79.2 cm³/mol. The Bertz CT molecular complexity index is 368. The number of aromatic nitrogens is 2. The van der Waals surface area contributed by atoms with Gasteiger partial charge in [0, 0.05) is 31.4 Å². The van der Waals surface area contributed by atoms with E-state index in [9.17, 15) is 0 Å². The number of anilines is 1. The third-order valence-electron chi connectivity index (χ3n) is 3.70. The highest BCUT2D eigenvalue weighted by Crippen LogP contribution is 2.31. The number of piperidine rings is 1. The van der Waals surface area contributed by atoms with E-state index >= 15 is 0 Å². The summed E-state index contributed by atoms with van der Waals surface area (Å²) in [5, 5.41) is 6.68. The monoisotopic (exact) mass is 306 g/mol. The Morgan fingerprint density at radius 1 is 1.32 bits per heavy atom. The lowest BCUT2D eigenvalue weighted by Crippen LogP contribution is -2.39. The molecule has 0 amide bonds. The lowest BCUT2D eigenvalue weighted by molar-refractivity contribution is 0.0989. The third-order valence-corrected chi connectivity index (χ3v) is 3.70. The second kappa shape index (κ2) is 7.85. The van der Waals surface area contributed by atoms with Crippen molar-refractivity contribution in [1.29, 1.82) is 0 Å². The van der Waals surface area contributed by atoms with Crippen LogP contribution in [0.1, 0.15) is 6.42 Å². The van der Waals surface area contributed by atoms with Crippen LogP contribution in [0.5, 0.6) is 0 Å². The molecule has 3 atom stereocenters. The van der Waals surface area contributed by atoms with Gasteiger partial charge in [0.25, 0.3) is 0 Å². The van der Waals surface area contributed by atoms with Crippen molar-refractivity contribution in [3.05, 3.63) is 18.5 Å². The van der Waals surface area contributed by atoms with E-state index in [1.54, 1.807) is 12.4 Å². The average Bonchev–Trinajstić information content (AvgIpc) is 2.81. The number of fused-ring (bicyclic) bond motifs is 1. The molecule has 0 spiro atoms. The zero-order valence-electron chi connectivity index (χ0n) is 10.6. The first-order valence-corrected chi connectivity index (χ1v) is 6.26. The van der Waals surface area contributed by atoms with Gasteiger partial charge >= 0.3 is 0 Å². The van der Waals surface area contributed by atoms with E-state index in [0.29, 0.717) is 23.9 Å². The van der Waals surface area contributed by atoms with Crippen molar-refractivity contribution < 1.29 is 4.74 Å². The van der Waals surface area contributed by atoms with Crippen LogP contribution < -0.4 is 10.6 Å². The lowest BCUT2D eigenvalue weighted by Gasteiger charge is -2.27. The minimum absolute atomic E-state index is 0. The summed E-state index contributed by atoms with van der Waals surface area (Å²) in [5.74, 6) is 2.06. The van der Waals surface area contributed by atoms with Crippen LogP contribution in [0.15, 0.2) is 18.5 Å². The summed E-state index contributed by atoms with van der Waals surface area (Å²) in [7, 11) is 0. The van der Waals surface area contributed by atoms with Crippen LogP contribution in [0.3, 0.4) is 0 Å². The SMILES string of the molecule is Cl.Cl.c1cnc(NC[C@@H]2OC[C@@H]3CNCC[C@@H]32)nc1. The van der Waals surface area contributed by atoms with Crippen molar-refractivity contribution in [2.24, 2.45) is 11.8 Å². The van der Waals surface area contributed by atoms with Crippen LogP contribution in [0.4, 0.5) is 5.95 Å². The van der Waals surface area contributed by atoms with Crippen LogP contribution in [0.25, 0.3) is 0 Å². The highest BCUT2D eigenvalue weighted by Gasteiger charge is 2.38. The van der Waals surface area contributed by atoms with Crippen molar-refractivity contribution in [3.63, 3.8) is 0 Å². The molecular weight excluding hydrogens is 287 g/mol. The van der Waals surface area contributed by atoms with Gasteiger partial charge in [0.15, 0.2) is 0 Å². The number of nitrogens with zero attached hydrogens (tertiary/aromatic N) is 2. The Kier molecular flexibility index (Phi) is 6.79.